The van der Waals surface area contributed by atoms with E-state index in [2.05, 4.69) is 4.98 Å². The van der Waals surface area contributed by atoms with Crippen LogP contribution in [0.3, 0.4) is 0 Å². The summed E-state index contributed by atoms with van der Waals surface area (Å²) in [6.07, 6.45) is 2.03. The zero-order valence-electron chi connectivity index (χ0n) is 9.87. The van der Waals surface area contributed by atoms with Gasteiger partial charge in [-0.25, -0.2) is 4.98 Å². The van der Waals surface area contributed by atoms with E-state index in [9.17, 15) is 10.1 Å². The zero-order valence-corrected chi connectivity index (χ0v) is 9.87. The van der Waals surface area contributed by atoms with Crippen LogP contribution in [0.2, 0.25) is 0 Å². The topological polar surface area (TPSA) is 65.3 Å². The molecule has 0 saturated heterocycles. The Bertz CT molecular complexity index is 552. The molecule has 92 valence electrons. The van der Waals surface area contributed by atoms with E-state index in [0.717, 1.165) is 17.7 Å². The van der Waals surface area contributed by atoms with Gasteiger partial charge in [0.15, 0.2) is 0 Å². The summed E-state index contributed by atoms with van der Waals surface area (Å²) in [5.74, 6) is 1.07. The van der Waals surface area contributed by atoms with Gasteiger partial charge in [-0.15, -0.1) is 0 Å². The Morgan fingerprint density at radius 1 is 1.28 bits per heavy atom. The molecule has 0 fully saturated rings. The number of aromatic nitrogens is 1. The second kappa shape index (κ2) is 5.27. The Balaban J connectivity index is 2.21. The smallest absolute Gasteiger partial charge is 0.287 e. The van der Waals surface area contributed by atoms with Gasteiger partial charge in [-0.1, -0.05) is 25.1 Å². The van der Waals surface area contributed by atoms with Crippen molar-refractivity contribution in [3.63, 3.8) is 0 Å². The van der Waals surface area contributed by atoms with Crippen LogP contribution in [0.25, 0.3) is 0 Å². The van der Waals surface area contributed by atoms with Crippen LogP contribution in [-0.4, -0.2) is 9.91 Å². The van der Waals surface area contributed by atoms with Crippen molar-refractivity contribution in [3.8, 4) is 11.6 Å². The lowest BCUT2D eigenvalue weighted by Crippen LogP contribution is -1.93. The fraction of sp³-hybridized carbons (Fsp3) is 0.154. The lowest BCUT2D eigenvalue weighted by Gasteiger charge is -2.08. The van der Waals surface area contributed by atoms with Crippen LogP contribution in [0.5, 0.6) is 11.6 Å². The highest BCUT2D eigenvalue weighted by Gasteiger charge is 2.07. The molecule has 18 heavy (non-hydrogen) atoms. The lowest BCUT2D eigenvalue weighted by molar-refractivity contribution is -0.385. The molecular weight excluding hydrogens is 232 g/mol. The summed E-state index contributed by atoms with van der Waals surface area (Å²) < 4.78 is 5.60. The Hall–Kier alpha value is -2.43. The van der Waals surface area contributed by atoms with Gasteiger partial charge in [0.2, 0.25) is 5.88 Å². The van der Waals surface area contributed by atoms with Gasteiger partial charge in [-0.05, 0) is 18.1 Å². The molecule has 0 N–H and O–H groups in total. The Kier molecular flexibility index (Phi) is 3.52. The highest BCUT2D eigenvalue weighted by molar-refractivity contribution is 5.37. The highest BCUT2D eigenvalue weighted by atomic mass is 16.6. The van der Waals surface area contributed by atoms with Crippen LogP contribution >= 0.6 is 0 Å². The number of pyridine rings is 1. The van der Waals surface area contributed by atoms with Crippen LogP contribution in [0.1, 0.15) is 12.5 Å². The molecule has 0 amide bonds. The van der Waals surface area contributed by atoms with E-state index in [1.807, 2.05) is 31.2 Å². The maximum absolute atomic E-state index is 10.5. The zero-order chi connectivity index (χ0) is 13.0. The molecule has 0 saturated carbocycles. The number of para-hydroxylation sites is 1. The van der Waals surface area contributed by atoms with Crippen molar-refractivity contribution in [1.82, 2.24) is 4.98 Å². The Morgan fingerprint density at radius 2 is 2.06 bits per heavy atom. The molecule has 0 bridgehead atoms. The average Bonchev–Trinajstić information content (AvgIpc) is 2.40. The second-order valence-electron chi connectivity index (χ2n) is 3.68. The van der Waals surface area contributed by atoms with Crippen molar-refractivity contribution >= 4 is 5.69 Å². The van der Waals surface area contributed by atoms with E-state index >= 15 is 0 Å². The van der Waals surface area contributed by atoms with Crippen molar-refractivity contribution in [2.24, 2.45) is 0 Å². The standard InChI is InChI=1S/C13H12N2O3/c1-2-10-5-3-4-6-12(10)18-13-8-7-11(9-14-13)15(16)17/h3-9H,2H2,1H3. The van der Waals surface area contributed by atoms with Gasteiger partial charge in [-0.3, -0.25) is 10.1 Å². The molecule has 0 aliphatic heterocycles. The fourth-order valence-corrected chi connectivity index (χ4v) is 1.55. The molecular formula is C13H12N2O3. The lowest BCUT2D eigenvalue weighted by atomic mass is 10.1. The van der Waals surface area contributed by atoms with E-state index in [1.54, 1.807) is 0 Å². The summed E-state index contributed by atoms with van der Waals surface area (Å²) in [5, 5.41) is 10.5. The van der Waals surface area contributed by atoms with E-state index in [1.165, 1.54) is 18.3 Å². The molecule has 5 heteroatoms. The minimum absolute atomic E-state index is 0.0499. The number of hydrogen-bond acceptors (Lipinski definition) is 4. The molecule has 0 aliphatic rings. The molecule has 2 rings (SSSR count). The third-order valence-electron chi connectivity index (χ3n) is 2.50. The van der Waals surface area contributed by atoms with Gasteiger partial charge < -0.3 is 4.74 Å². The van der Waals surface area contributed by atoms with Crippen molar-refractivity contribution in [3.05, 3.63) is 58.3 Å². The maximum Gasteiger partial charge on any atom is 0.287 e. The molecule has 0 atom stereocenters. The van der Waals surface area contributed by atoms with Gasteiger partial charge in [0.25, 0.3) is 5.69 Å². The summed E-state index contributed by atoms with van der Waals surface area (Å²) in [7, 11) is 0. The number of benzene rings is 1. The van der Waals surface area contributed by atoms with Crippen LogP contribution < -0.4 is 4.74 Å². The first-order chi connectivity index (χ1) is 8.70. The normalized spacial score (nSPS) is 10.1. The third-order valence-corrected chi connectivity index (χ3v) is 2.50. The van der Waals surface area contributed by atoms with E-state index in [-0.39, 0.29) is 5.69 Å². The summed E-state index contributed by atoms with van der Waals surface area (Å²) in [4.78, 5) is 13.9. The highest BCUT2D eigenvalue weighted by Crippen LogP contribution is 2.25. The number of aryl methyl sites for hydroxylation is 1. The number of nitro groups is 1. The minimum atomic E-state index is -0.489. The van der Waals surface area contributed by atoms with Crippen molar-refractivity contribution < 1.29 is 9.66 Å². The van der Waals surface area contributed by atoms with Crippen molar-refractivity contribution in [1.29, 1.82) is 0 Å². The van der Waals surface area contributed by atoms with E-state index < -0.39 is 4.92 Å². The molecule has 5 nitrogen and oxygen atoms in total. The summed E-state index contributed by atoms with van der Waals surface area (Å²) >= 11 is 0. The maximum atomic E-state index is 10.5. The molecule has 0 radical (unpaired) electrons. The first kappa shape index (κ1) is 12.0. The molecule has 0 aliphatic carbocycles. The Labute approximate surface area is 104 Å². The quantitative estimate of drug-likeness (QED) is 0.611. The summed E-state index contributed by atoms with van der Waals surface area (Å²) in [5.41, 5.74) is 1.02. The first-order valence-electron chi connectivity index (χ1n) is 5.57. The number of nitrogens with zero attached hydrogens (tertiary/aromatic N) is 2. The number of hydrogen-bond donors (Lipinski definition) is 0. The summed E-state index contributed by atoms with van der Waals surface area (Å²) in [6, 6.07) is 10.5. The largest absolute Gasteiger partial charge is 0.439 e. The molecule has 0 unspecified atom stereocenters. The predicted octanol–water partition coefficient (Wildman–Crippen LogP) is 3.34. The van der Waals surface area contributed by atoms with E-state index in [0.29, 0.717) is 5.88 Å². The van der Waals surface area contributed by atoms with Gasteiger partial charge in [0, 0.05) is 12.1 Å². The fourth-order valence-electron chi connectivity index (χ4n) is 1.55. The van der Waals surface area contributed by atoms with Gasteiger partial charge >= 0.3 is 0 Å². The van der Waals surface area contributed by atoms with Crippen molar-refractivity contribution in [2.45, 2.75) is 13.3 Å². The number of ether oxygens (including phenoxy) is 1. The predicted molar refractivity (Wildman–Crippen MR) is 66.8 cm³/mol. The molecule has 0 spiro atoms. The van der Waals surface area contributed by atoms with Crippen molar-refractivity contribution in [2.75, 3.05) is 0 Å². The molecule has 2 aromatic rings. The first-order valence-corrected chi connectivity index (χ1v) is 5.57. The molecule has 1 aromatic carbocycles. The Morgan fingerprint density at radius 3 is 2.67 bits per heavy atom. The van der Waals surface area contributed by atoms with Crippen LogP contribution in [-0.2, 0) is 6.42 Å². The second-order valence-corrected chi connectivity index (χ2v) is 3.68. The van der Waals surface area contributed by atoms with Gasteiger partial charge in [0.05, 0.1) is 4.92 Å². The van der Waals surface area contributed by atoms with E-state index in [4.69, 9.17) is 4.74 Å². The van der Waals surface area contributed by atoms with Crippen LogP contribution in [0.4, 0.5) is 5.69 Å². The third kappa shape index (κ3) is 2.63. The SMILES string of the molecule is CCc1ccccc1Oc1ccc([N+](=O)[O-])cn1. The van der Waals surface area contributed by atoms with Gasteiger partial charge in [-0.2, -0.15) is 0 Å². The summed E-state index contributed by atoms with van der Waals surface area (Å²) in [6.45, 7) is 2.03. The number of rotatable bonds is 4. The monoisotopic (exact) mass is 244 g/mol. The van der Waals surface area contributed by atoms with Crippen LogP contribution in [0.15, 0.2) is 42.6 Å². The minimum Gasteiger partial charge on any atom is -0.439 e. The van der Waals surface area contributed by atoms with Gasteiger partial charge in [0.1, 0.15) is 11.9 Å². The van der Waals surface area contributed by atoms with Crippen LogP contribution in [0, 0.1) is 10.1 Å². The molecule has 1 aromatic heterocycles. The molecule has 1 heterocycles. The average molecular weight is 244 g/mol.